The lowest BCUT2D eigenvalue weighted by Gasteiger charge is -2.18. The summed E-state index contributed by atoms with van der Waals surface area (Å²) in [7, 11) is 1.55. The van der Waals surface area contributed by atoms with Crippen molar-refractivity contribution in [2.75, 3.05) is 12.4 Å². The van der Waals surface area contributed by atoms with Crippen LogP contribution in [0.25, 0.3) is 16.8 Å². The highest BCUT2D eigenvalue weighted by Crippen LogP contribution is 2.29. The molecular weight excluding hydrogens is 409 g/mol. The summed E-state index contributed by atoms with van der Waals surface area (Å²) in [4.78, 5) is 26.2. The van der Waals surface area contributed by atoms with Gasteiger partial charge in [0.1, 0.15) is 23.1 Å². The Morgan fingerprint density at radius 3 is 2.25 bits per heavy atom. The van der Waals surface area contributed by atoms with E-state index in [1.807, 2.05) is 0 Å². The van der Waals surface area contributed by atoms with Gasteiger partial charge in [-0.15, -0.1) is 0 Å². The number of aromatic nitrogens is 2. The summed E-state index contributed by atoms with van der Waals surface area (Å²) in [5, 5.41) is 7.22. The van der Waals surface area contributed by atoms with Gasteiger partial charge in [0.15, 0.2) is 0 Å². The second-order valence-electron chi connectivity index (χ2n) is 7.08. The molecular formula is C25H20FN3O3. The van der Waals surface area contributed by atoms with Gasteiger partial charge in [0, 0.05) is 5.56 Å². The van der Waals surface area contributed by atoms with Crippen molar-refractivity contribution in [2.45, 2.75) is 6.92 Å². The third-order valence-electron chi connectivity index (χ3n) is 4.97. The fourth-order valence-corrected chi connectivity index (χ4v) is 3.32. The number of halogens is 1. The van der Waals surface area contributed by atoms with Crippen LogP contribution in [0, 0.1) is 12.7 Å². The van der Waals surface area contributed by atoms with Gasteiger partial charge in [-0.1, -0.05) is 30.3 Å². The summed E-state index contributed by atoms with van der Waals surface area (Å²) in [6, 6.07) is 21.2. The van der Waals surface area contributed by atoms with Crippen molar-refractivity contribution in [1.29, 1.82) is 0 Å². The number of ether oxygens (including phenoxy) is 1. The molecule has 1 aromatic heterocycles. The molecule has 1 amide bonds. The molecule has 1 heterocycles. The summed E-state index contributed by atoms with van der Waals surface area (Å²) >= 11 is 0. The molecule has 0 aliphatic rings. The average Bonchev–Trinajstić information content (AvgIpc) is 2.83. The summed E-state index contributed by atoms with van der Waals surface area (Å²) < 4.78 is 20.2. The molecule has 1 N–H and O–H groups in total. The van der Waals surface area contributed by atoms with E-state index in [0.29, 0.717) is 22.6 Å². The molecule has 4 aromatic rings. The minimum atomic E-state index is -0.406. The zero-order valence-electron chi connectivity index (χ0n) is 17.5. The maximum Gasteiger partial charge on any atom is 0.256 e. The van der Waals surface area contributed by atoms with Crippen molar-refractivity contribution in [2.24, 2.45) is 0 Å². The minimum absolute atomic E-state index is 0.186. The van der Waals surface area contributed by atoms with E-state index in [1.165, 1.54) is 28.9 Å². The Morgan fingerprint density at radius 1 is 0.969 bits per heavy atom. The first-order chi connectivity index (χ1) is 15.5. The monoisotopic (exact) mass is 429 g/mol. The van der Waals surface area contributed by atoms with Crippen molar-refractivity contribution < 1.29 is 13.9 Å². The molecule has 0 aliphatic carbocycles. The zero-order valence-corrected chi connectivity index (χ0v) is 17.5. The minimum Gasteiger partial charge on any atom is -0.497 e. The maximum atomic E-state index is 13.5. The molecule has 32 heavy (non-hydrogen) atoms. The van der Waals surface area contributed by atoms with Crippen LogP contribution >= 0.6 is 0 Å². The molecule has 3 aromatic carbocycles. The Bertz CT molecular complexity index is 1320. The molecule has 4 rings (SSSR count). The normalized spacial score (nSPS) is 10.6. The highest BCUT2D eigenvalue weighted by molar-refractivity contribution is 6.05. The fourth-order valence-electron chi connectivity index (χ4n) is 3.32. The summed E-state index contributed by atoms with van der Waals surface area (Å²) in [6.07, 6.45) is 0. The molecule has 0 spiro atoms. The Hall–Kier alpha value is -4.26. The number of nitrogens with zero attached hydrogens (tertiary/aromatic N) is 2. The third kappa shape index (κ3) is 4.13. The van der Waals surface area contributed by atoms with E-state index >= 15 is 0 Å². The van der Waals surface area contributed by atoms with Crippen LogP contribution in [0.15, 0.2) is 83.7 Å². The van der Waals surface area contributed by atoms with Gasteiger partial charge in [-0.2, -0.15) is 5.10 Å². The summed E-state index contributed by atoms with van der Waals surface area (Å²) in [5.41, 5.74) is 1.68. The number of carbonyl (C=O) groups is 1. The van der Waals surface area contributed by atoms with Gasteiger partial charge in [-0.25, -0.2) is 9.07 Å². The fraction of sp³-hybridized carbons (Fsp3) is 0.0800. The van der Waals surface area contributed by atoms with Gasteiger partial charge in [0.05, 0.1) is 18.4 Å². The van der Waals surface area contributed by atoms with Crippen LogP contribution in [0.5, 0.6) is 5.75 Å². The Labute approximate surface area is 183 Å². The number of anilines is 1. The standard InChI is InChI=1S/C25H20FN3O3/c1-16-23(30)22(17-8-14-21(32-2)15-9-17)24(27-25(31)18-6-4-3-5-7-18)29(28-16)20-12-10-19(26)11-13-20/h3-15H,1-2H3,(H,27,31). The third-order valence-corrected chi connectivity index (χ3v) is 4.97. The van der Waals surface area contributed by atoms with Crippen LogP contribution in [-0.2, 0) is 0 Å². The van der Waals surface area contributed by atoms with Gasteiger partial charge < -0.3 is 10.1 Å². The number of hydrogen-bond acceptors (Lipinski definition) is 4. The largest absolute Gasteiger partial charge is 0.497 e. The van der Waals surface area contributed by atoms with Crippen LogP contribution in [0.4, 0.5) is 10.2 Å². The van der Waals surface area contributed by atoms with E-state index in [4.69, 9.17) is 4.74 Å². The first-order valence-electron chi connectivity index (χ1n) is 9.88. The number of amides is 1. The van der Waals surface area contributed by atoms with Crippen molar-refractivity contribution in [3.63, 3.8) is 0 Å². The number of aryl methyl sites for hydroxylation is 1. The molecule has 6 nitrogen and oxygen atoms in total. The second-order valence-corrected chi connectivity index (χ2v) is 7.08. The van der Waals surface area contributed by atoms with Crippen LogP contribution in [0.2, 0.25) is 0 Å². The van der Waals surface area contributed by atoms with E-state index in [2.05, 4.69) is 10.4 Å². The molecule has 160 valence electrons. The first-order valence-corrected chi connectivity index (χ1v) is 9.88. The van der Waals surface area contributed by atoms with E-state index in [-0.39, 0.29) is 22.5 Å². The van der Waals surface area contributed by atoms with Gasteiger partial charge in [-0.05, 0) is 61.0 Å². The molecule has 0 fully saturated rings. The molecule has 0 unspecified atom stereocenters. The molecule has 0 radical (unpaired) electrons. The second kappa shape index (κ2) is 8.85. The van der Waals surface area contributed by atoms with Crippen molar-refractivity contribution in [3.8, 4) is 22.6 Å². The van der Waals surface area contributed by atoms with Crippen LogP contribution in [0.3, 0.4) is 0 Å². The Balaban J connectivity index is 1.95. The lowest BCUT2D eigenvalue weighted by molar-refractivity contribution is 0.102. The maximum absolute atomic E-state index is 13.5. The molecule has 0 aliphatic heterocycles. The number of benzene rings is 3. The van der Waals surface area contributed by atoms with Gasteiger partial charge in [0.2, 0.25) is 5.43 Å². The first kappa shape index (κ1) is 21.0. The number of carbonyl (C=O) groups excluding carboxylic acids is 1. The average molecular weight is 429 g/mol. The Morgan fingerprint density at radius 2 is 1.62 bits per heavy atom. The van der Waals surface area contributed by atoms with Crippen molar-refractivity contribution in [3.05, 3.63) is 106 Å². The lowest BCUT2D eigenvalue weighted by Crippen LogP contribution is -2.25. The van der Waals surface area contributed by atoms with E-state index in [1.54, 1.807) is 68.6 Å². The van der Waals surface area contributed by atoms with Crippen molar-refractivity contribution in [1.82, 2.24) is 9.78 Å². The molecule has 0 saturated carbocycles. The predicted molar refractivity (Wildman–Crippen MR) is 121 cm³/mol. The molecule has 0 atom stereocenters. The highest BCUT2D eigenvalue weighted by Gasteiger charge is 2.21. The van der Waals surface area contributed by atoms with Crippen LogP contribution in [0.1, 0.15) is 16.1 Å². The van der Waals surface area contributed by atoms with E-state index in [9.17, 15) is 14.0 Å². The topological polar surface area (TPSA) is 73.2 Å². The van der Waals surface area contributed by atoms with E-state index in [0.717, 1.165) is 0 Å². The van der Waals surface area contributed by atoms with Crippen LogP contribution in [-0.4, -0.2) is 22.8 Å². The SMILES string of the molecule is COc1ccc(-c2c(NC(=O)c3ccccc3)n(-c3ccc(F)cc3)nc(C)c2=O)cc1. The number of nitrogens with one attached hydrogen (secondary N) is 1. The van der Waals surface area contributed by atoms with Crippen molar-refractivity contribution >= 4 is 11.7 Å². The summed E-state index contributed by atoms with van der Waals surface area (Å²) in [6.45, 7) is 1.60. The predicted octanol–water partition coefficient (Wildman–Crippen LogP) is 4.61. The van der Waals surface area contributed by atoms with Gasteiger partial charge in [-0.3, -0.25) is 9.59 Å². The quantitative estimate of drug-likeness (QED) is 0.503. The van der Waals surface area contributed by atoms with Gasteiger partial charge in [0.25, 0.3) is 5.91 Å². The Kier molecular flexibility index (Phi) is 5.81. The molecule has 7 heteroatoms. The smallest absolute Gasteiger partial charge is 0.256 e. The van der Waals surface area contributed by atoms with Gasteiger partial charge >= 0.3 is 0 Å². The number of hydrogen-bond donors (Lipinski definition) is 1. The zero-order chi connectivity index (χ0) is 22.7. The molecule has 0 saturated heterocycles. The highest BCUT2D eigenvalue weighted by atomic mass is 19.1. The lowest BCUT2D eigenvalue weighted by atomic mass is 10.0. The number of rotatable bonds is 5. The van der Waals surface area contributed by atoms with E-state index < -0.39 is 11.7 Å². The number of methoxy groups -OCH3 is 1. The van der Waals surface area contributed by atoms with Crippen LogP contribution < -0.4 is 15.5 Å². The summed E-state index contributed by atoms with van der Waals surface area (Å²) in [5.74, 6) is 0.0116. The molecule has 0 bridgehead atoms.